The molecule has 0 bridgehead atoms. The van der Waals surface area contributed by atoms with Gasteiger partial charge in [-0.05, 0) is 24.2 Å². The Labute approximate surface area is 140 Å². The summed E-state index contributed by atoms with van der Waals surface area (Å²) in [7, 11) is 0. The van der Waals surface area contributed by atoms with Gasteiger partial charge in [0.1, 0.15) is 0 Å². The minimum absolute atomic E-state index is 0. The number of halogens is 1. The van der Waals surface area contributed by atoms with Crippen LogP contribution >= 0.6 is 12.4 Å². The predicted octanol–water partition coefficient (Wildman–Crippen LogP) is 1.93. The largest absolute Gasteiger partial charge is 0.352 e. The van der Waals surface area contributed by atoms with E-state index in [0.29, 0.717) is 12.3 Å². The van der Waals surface area contributed by atoms with Crippen LogP contribution in [0.25, 0.3) is 0 Å². The van der Waals surface area contributed by atoms with Gasteiger partial charge in [-0.3, -0.25) is 9.59 Å². The van der Waals surface area contributed by atoms with E-state index in [9.17, 15) is 9.59 Å². The van der Waals surface area contributed by atoms with Crippen LogP contribution in [0.3, 0.4) is 0 Å². The van der Waals surface area contributed by atoms with Gasteiger partial charge in [-0.15, -0.1) is 12.4 Å². The molecule has 6 heteroatoms. The second kappa shape index (κ2) is 8.73. The van der Waals surface area contributed by atoms with Crippen molar-refractivity contribution in [3.05, 3.63) is 0 Å². The summed E-state index contributed by atoms with van der Waals surface area (Å²) in [5.74, 6) is 0.523. The van der Waals surface area contributed by atoms with Crippen LogP contribution in [0.5, 0.6) is 0 Å². The second-order valence-corrected chi connectivity index (χ2v) is 7.61. The van der Waals surface area contributed by atoms with E-state index in [1.165, 1.54) is 0 Å². The highest BCUT2D eigenvalue weighted by atomic mass is 35.5. The molecule has 1 aliphatic heterocycles. The smallest absolute Gasteiger partial charge is 0.237 e. The van der Waals surface area contributed by atoms with E-state index in [0.717, 1.165) is 25.9 Å². The lowest BCUT2D eigenvalue weighted by molar-refractivity contribution is -0.133. The number of nitrogens with one attached hydrogen (secondary N) is 1. The average molecular weight is 334 g/mol. The fourth-order valence-corrected chi connectivity index (χ4v) is 2.44. The summed E-state index contributed by atoms with van der Waals surface area (Å²) >= 11 is 0. The zero-order valence-electron chi connectivity index (χ0n) is 14.5. The van der Waals surface area contributed by atoms with E-state index in [-0.39, 0.29) is 35.7 Å². The minimum atomic E-state index is -0.502. The highest BCUT2D eigenvalue weighted by Gasteiger charge is 2.30. The monoisotopic (exact) mass is 333 g/mol. The van der Waals surface area contributed by atoms with Gasteiger partial charge in [-0.2, -0.15) is 0 Å². The Morgan fingerprint density at radius 3 is 2.14 bits per heavy atom. The van der Waals surface area contributed by atoms with Gasteiger partial charge in [0.25, 0.3) is 0 Å². The van der Waals surface area contributed by atoms with Gasteiger partial charge in [0.05, 0.1) is 6.04 Å². The molecular formula is C16H32ClN3O2. The second-order valence-electron chi connectivity index (χ2n) is 7.61. The maximum Gasteiger partial charge on any atom is 0.237 e. The zero-order valence-corrected chi connectivity index (χ0v) is 15.3. The predicted molar refractivity (Wildman–Crippen MR) is 91.9 cm³/mol. The molecule has 5 nitrogen and oxygen atoms in total. The summed E-state index contributed by atoms with van der Waals surface area (Å²) < 4.78 is 0. The van der Waals surface area contributed by atoms with E-state index in [4.69, 9.17) is 5.73 Å². The van der Waals surface area contributed by atoms with Crippen molar-refractivity contribution in [2.75, 3.05) is 13.1 Å². The molecule has 0 aromatic heterocycles. The number of hydrogen-bond acceptors (Lipinski definition) is 3. The van der Waals surface area contributed by atoms with Crippen molar-refractivity contribution in [3.8, 4) is 0 Å². The maximum atomic E-state index is 12.1. The molecule has 1 fully saturated rings. The Kier molecular flexibility index (Phi) is 8.40. The van der Waals surface area contributed by atoms with Gasteiger partial charge in [0, 0.05) is 25.6 Å². The molecule has 130 valence electrons. The number of carbonyl (C=O) groups is 2. The van der Waals surface area contributed by atoms with Gasteiger partial charge < -0.3 is 16.0 Å². The number of nitrogens with two attached hydrogens (primary N) is 1. The molecule has 0 radical (unpaired) electrons. The Hall–Kier alpha value is -0.810. The van der Waals surface area contributed by atoms with E-state index >= 15 is 0 Å². The SMILES string of the molecule is CC(C)CC(=O)N1CCC(NC(=O)[C@@H](N)C(C)(C)C)CC1.Cl. The number of hydrogen-bond donors (Lipinski definition) is 2. The number of rotatable bonds is 4. The molecule has 22 heavy (non-hydrogen) atoms. The summed E-state index contributed by atoms with van der Waals surface area (Å²) in [6, 6.07) is -0.368. The van der Waals surface area contributed by atoms with Gasteiger partial charge in [0.2, 0.25) is 11.8 Å². The summed E-state index contributed by atoms with van der Waals surface area (Å²) in [4.78, 5) is 26.0. The quantitative estimate of drug-likeness (QED) is 0.825. The normalized spacial score (nSPS) is 17.9. The molecule has 0 aromatic rings. The van der Waals surface area contributed by atoms with Crippen molar-refractivity contribution >= 4 is 24.2 Å². The molecule has 1 heterocycles. The fourth-order valence-electron chi connectivity index (χ4n) is 2.44. The van der Waals surface area contributed by atoms with Crippen LogP contribution in [0.15, 0.2) is 0 Å². The third-order valence-electron chi connectivity index (χ3n) is 3.99. The minimum Gasteiger partial charge on any atom is -0.352 e. The molecule has 2 amide bonds. The highest BCUT2D eigenvalue weighted by Crippen LogP contribution is 2.19. The van der Waals surface area contributed by atoms with Crippen molar-refractivity contribution in [2.24, 2.45) is 17.1 Å². The first-order valence-electron chi connectivity index (χ1n) is 7.95. The molecule has 1 aliphatic rings. The summed E-state index contributed by atoms with van der Waals surface area (Å²) in [5, 5.41) is 3.02. The van der Waals surface area contributed by atoms with Gasteiger partial charge in [0.15, 0.2) is 0 Å². The standard InChI is InChI=1S/C16H31N3O2.ClH/c1-11(2)10-13(20)19-8-6-12(7-9-19)18-15(21)14(17)16(3,4)5;/h11-12,14H,6-10,17H2,1-5H3,(H,18,21);1H/t14-;/m1./s1. The van der Waals surface area contributed by atoms with Crippen LogP contribution in [0.2, 0.25) is 0 Å². The molecule has 0 saturated carbocycles. The number of carbonyl (C=O) groups excluding carboxylic acids is 2. The van der Waals surface area contributed by atoms with Gasteiger partial charge in [-0.1, -0.05) is 34.6 Å². The fraction of sp³-hybridized carbons (Fsp3) is 0.875. The first-order valence-corrected chi connectivity index (χ1v) is 7.95. The third-order valence-corrected chi connectivity index (χ3v) is 3.99. The first-order chi connectivity index (χ1) is 9.61. The van der Waals surface area contributed by atoms with Crippen molar-refractivity contribution < 1.29 is 9.59 Å². The zero-order chi connectivity index (χ0) is 16.2. The Bertz CT molecular complexity index is 372. The van der Waals surface area contributed by atoms with E-state index < -0.39 is 6.04 Å². The van der Waals surface area contributed by atoms with Crippen LogP contribution in [0, 0.1) is 11.3 Å². The van der Waals surface area contributed by atoms with Crippen LogP contribution < -0.4 is 11.1 Å². The Balaban J connectivity index is 0.00000441. The lowest BCUT2D eigenvalue weighted by Crippen LogP contribution is -2.54. The number of likely N-dealkylation sites (tertiary alicyclic amines) is 1. The Morgan fingerprint density at radius 2 is 1.73 bits per heavy atom. The molecule has 3 N–H and O–H groups in total. The number of amides is 2. The molecule has 0 aromatic carbocycles. The molecule has 0 aliphatic carbocycles. The average Bonchev–Trinajstić information content (AvgIpc) is 2.36. The van der Waals surface area contributed by atoms with Crippen molar-refractivity contribution in [1.82, 2.24) is 10.2 Å². The molecule has 1 rings (SSSR count). The first kappa shape index (κ1) is 21.2. The highest BCUT2D eigenvalue weighted by molar-refractivity contribution is 5.85. The van der Waals surface area contributed by atoms with Crippen molar-refractivity contribution in [2.45, 2.75) is 66.0 Å². The number of nitrogens with zero attached hydrogens (tertiary/aromatic N) is 1. The lowest BCUT2D eigenvalue weighted by Gasteiger charge is -2.34. The van der Waals surface area contributed by atoms with Crippen LogP contribution in [0.1, 0.15) is 53.9 Å². The summed E-state index contributed by atoms with van der Waals surface area (Å²) in [5.41, 5.74) is 5.73. The van der Waals surface area contributed by atoms with Gasteiger partial charge >= 0.3 is 0 Å². The molecule has 1 saturated heterocycles. The number of piperidine rings is 1. The summed E-state index contributed by atoms with van der Waals surface area (Å²) in [6.07, 6.45) is 2.23. The molecular weight excluding hydrogens is 302 g/mol. The molecule has 0 unspecified atom stereocenters. The Morgan fingerprint density at radius 1 is 1.23 bits per heavy atom. The van der Waals surface area contributed by atoms with Crippen LogP contribution in [-0.4, -0.2) is 41.9 Å². The molecule has 0 spiro atoms. The van der Waals surface area contributed by atoms with Crippen molar-refractivity contribution in [1.29, 1.82) is 0 Å². The molecule has 1 atom stereocenters. The van der Waals surface area contributed by atoms with Crippen LogP contribution in [-0.2, 0) is 9.59 Å². The summed E-state index contributed by atoms with van der Waals surface area (Å²) in [6.45, 7) is 11.4. The van der Waals surface area contributed by atoms with E-state index in [2.05, 4.69) is 19.2 Å². The third kappa shape index (κ3) is 6.53. The van der Waals surface area contributed by atoms with E-state index in [1.54, 1.807) is 0 Å². The van der Waals surface area contributed by atoms with E-state index in [1.807, 2.05) is 25.7 Å². The lowest BCUT2D eigenvalue weighted by atomic mass is 9.86. The maximum absolute atomic E-state index is 12.1. The van der Waals surface area contributed by atoms with Crippen LogP contribution in [0.4, 0.5) is 0 Å². The van der Waals surface area contributed by atoms with Gasteiger partial charge in [-0.25, -0.2) is 0 Å². The topological polar surface area (TPSA) is 75.4 Å². The van der Waals surface area contributed by atoms with Crippen molar-refractivity contribution in [3.63, 3.8) is 0 Å².